The number of benzene rings is 1. The molecule has 0 aliphatic carbocycles. The van der Waals surface area contributed by atoms with E-state index < -0.39 is 11.9 Å². The van der Waals surface area contributed by atoms with E-state index in [2.05, 4.69) is 5.32 Å². The van der Waals surface area contributed by atoms with Crippen LogP contribution in [0.15, 0.2) is 18.2 Å². The lowest BCUT2D eigenvalue weighted by Crippen LogP contribution is -2.20. The molecule has 0 fully saturated rings. The Kier molecular flexibility index (Phi) is 4.47. The van der Waals surface area contributed by atoms with Gasteiger partial charge in [0.1, 0.15) is 6.61 Å². The molecule has 1 amide bonds. The summed E-state index contributed by atoms with van der Waals surface area (Å²) in [5.74, 6) is -1.55. The molecule has 1 aromatic carbocycles. The van der Waals surface area contributed by atoms with Crippen LogP contribution < -0.4 is 11.1 Å². The van der Waals surface area contributed by atoms with E-state index in [1.807, 2.05) is 0 Å². The van der Waals surface area contributed by atoms with Gasteiger partial charge in [0.05, 0.1) is 11.3 Å². The van der Waals surface area contributed by atoms with Crippen molar-refractivity contribution in [3.63, 3.8) is 0 Å². The maximum Gasteiger partial charge on any atom is 0.337 e. The lowest BCUT2D eigenvalue weighted by molar-refractivity contribution is -0.120. The molecule has 1 rings (SSSR count). The van der Waals surface area contributed by atoms with Crippen molar-refractivity contribution in [1.82, 2.24) is 0 Å². The van der Waals surface area contributed by atoms with Gasteiger partial charge in [0, 0.05) is 12.3 Å². The highest BCUT2D eigenvalue weighted by atomic mass is 16.5. The number of aromatic carboxylic acids is 1. The average Bonchev–Trinajstić information content (AvgIpc) is 2.28. The van der Waals surface area contributed by atoms with Crippen LogP contribution in [0.1, 0.15) is 17.3 Å². The first kappa shape index (κ1) is 13.0. The number of rotatable bonds is 5. The zero-order chi connectivity index (χ0) is 12.8. The first-order valence-corrected chi connectivity index (χ1v) is 5.05. The highest BCUT2D eigenvalue weighted by Crippen LogP contribution is 2.18. The topological polar surface area (TPSA) is 102 Å². The summed E-state index contributed by atoms with van der Waals surface area (Å²) in [4.78, 5) is 22.3. The van der Waals surface area contributed by atoms with Gasteiger partial charge < -0.3 is 20.9 Å². The van der Waals surface area contributed by atoms with Gasteiger partial charge in [-0.1, -0.05) is 0 Å². The summed E-state index contributed by atoms with van der Waals surface area (Å²) in [6, 6.07) is 4.25. The van der Waals surface area contributed by atoms with Gasteiger partial charge in [0.2, 0.25) is 5.91 Å². The predicted octanol–water partition coefficient (Wildman–Crippen LogP) is 0.942. The van der Waals surface area contributed by atoms with Gasteiger partial charge in [0.25, 0.3) is 0 Å². The third kappa shape index (κ3) is 3.76. The zero-order valence-electron chi connectivity index (χ0n) is 9.40. The molecule has 0 radical (unpaired) electrons. The normalized spacial score (nSPS) is 9.94. The van der Waals surface area contributed by atoms with Crippen LogP contribution in [-0.2, 0) is 9.53 Å². The van der Waals surface area contributed by atoms with Crippen LogP contribution in [0.2, 0.25) is 0 Å². The van der Waals surface area contributed by atoms with Crippen molar-refractivity contribution in [2.45, 2.75) is 6.92 Å². The van der Waals surface area contributed by atoms with Crippen LogP contribution in [0.5, 0.6) is 0 Å². The fraction of sp³-hybridized carbons (Fsp3) is 0.273. The maximum atomic E-state index is 11.4. The number of carbonyl (C=O) groups excluding carboxylic acids is 1. The molecule has 1 aromatic rings. The first-order valence-electron chi connectivity index (χ1n) is 5.05. The number of nitrogens with one attached hydrogen (secondary N) is 1. The molecule has 0 aromatic heterocycles. The molecule has 92 valence electrons. The summed E-state index contributed by atoms with van der Waals surface area (Å²) >= 11 is 0. The summed E-state index contributed by atoms with van der Waals surface area (Å²) in [5, 5.41) is 11.4. The molecule has 4 N–H and O–H groups in total. The molecule has 6 nitrogen and oxygen atoms in total. The number of carboxylic acid groups (broad SMARTS) is 1. The number of nitrogen functional groups attached to an aromatic ring is 1. The third-order valence-electron chi connectivity index (χ3n) is 1.99. The number of carbonyl (C=O) groups is 2. The Hall–Kier alpha value is -2.08. The quantitative estimate of drug-likeness (QED) is 0.662. The summed E-state index contributed by atoms with van der Waals surface area (Å²) in [6.07, 6.45) is 0. The number of carboxylic acids is 1. The molecular formula is C11H14N2O4. The van der Waals surface area contributed by atoms with Crippen LogP contribution in [-0.4, -0.2) is 30.2 Å². The number of ether oxygens (including phenoxy) is 1. The number of nitrogens with two attached hydrogens (primary N) is 1. The molecule has 0 aliphatic heterocycles. The van der Waals surface area contributed by atoms with Gasteiger partial charge >= 0.3 is 5.97 Å². The molecule has 0 heterocycles. The van der Waals surface area contributed by atoms with Gasteiger partial charge in [0.15, 0.2) is 0 Å². The standard InChI is InChI=1S/C11H14N2O4/c1-2-17-6-10(14)13-9-4-3-7(12)5-8(9)11(15)16/h3-5H,2,6,12H2,1H3,(H,13,14)(H,15,16). The van der Waals surface area contributed by atoms with Crippen molar-refractivity contribution in [3.05, 3.63) is 23.8 Å². The number of anilines is 2. The Balaban J connectivity index is 2.83. The van der Waals surface area contributed by atoms with Crippen molar-refractivity contribution < 1.29 is 19.4 Å². The molecule has 0 bridgehead atoms. The Morgan fingerprint density at radius 3 is 2.76 bits per heavy atom. The van der Waals surface area contributed by atoms with Crippen molar-refractivity contribution in [2.75, 3.05) is 24.3 Å². The zero-order valence-corrected chi connectivity index (χ0v) is 9.40. The largest absolute Gasteiger partial charge is 0.478 e. The van der Waals surface area contributed by atoms with E-state index in [9.17, 15) is 9.59 Å². The van der Waals surface area contributed by atoms with Crippen molar-refractivity contribution in [2.24, 2.45) is 0 Å². The molecule has 0 unspecified atom stereocenters. The van der Waals surface area contributed by atoms with Crippen LogP contribution >= 0.6 is 0 Å². The number of amides is 1. The lowest BCUT2D eigenvalue weighted by atomic mass is 10.1. The lowest BCUT2D eigenvalue weighted by Gasteiger charge is -2.09. The molecular weight excluding hydrogens is 224 g/mol. The Labute approximate surface area is 98.4 Å². The second kappa shape index (κ2) is 5.86. The van der Waals surface area contributed by atoms with E-state index in [1.165, 1.54) is 18.2 Å². The monoisotopic (exact) mass is 238 g/mol. The van der Waals surface area contributed by atoms with Gasteiger partial charge in [-0.3, -0.25) is 4.79 Å². The van der Waals surface area contributed by atoms with E-state index >= 15 is 0 Å². The molecule has 0 saturated carbocycles. The third-order valence-corrected chi connectivity index (χ3v) is 1.99. The van der Waals surface area contributed by atoms with Gasteiger partial charge in [-0.05, 0) is 25.1 Å². The van der Waals surface area contributed by atoms with Gasteiger partial charge in [-0.2, -0.15) is 0 Å². The van der Waals surface area contributed by atoms with Crippen molar-refractivity contribution in [1.29, 1.82) is 0 Å². The summed E-state index contributed by atoms with van der Waals surface area (Å²) in [7, 11) is 0. The van der Waals surface area contributed by atoms with Crippen LogP contribution in [0, 0.1) is 0 Å². The molecule has 0 atom stereocenters. The molecule has 0 aliphatic rings. The number of hydrogen-bond donors (Lipinski definition) is 3. The van der Waals surface area contributed by atoms with Crippen molar-refractivity contribution in [3.8, 4) is 0 Å². The fourth-order valence-corrected chi connectivity index (χ4v) is 1.23. The number of hydrogen-bond acceptors (Lipinski definition) is 4. The minimum absolute atomic E-state index is 0.0464. The molecule has 17 heavy (non-hydrogen) atoms. The van der Waals surface area contributed by atoms with Gasteiger partial charge in [-0.15, -0.1) is 0 Å². The smallest absolute Gasteiger partial charge is 0.337 e. The highest BCUT2D eigenvalue weighted by Gasteiger charge is 2.12. The first-order chi connectivity index (χ1) is 8.04. The maximum absolute atomic E-state index is 11.4. The Bertz CT molecular complexity index is 431. The van der Waals surface area contributed by atoms with Crippen LogP contribution in [0.25, 0.3) is 0 Å². The summed E-state index contributed by atoms with van der Waals surface area (Å²) in [6.45, 7) is 2.07. The van der Waals surface area contributed by atoms with E-state index in [0.717, 1.165) is 0 Å². The van der Waals surface area contributed by atoms with Crippen molar-refractivity contribution >= 4 is 23.3 Å². The van der Waals surface area contributed by atoms with Crippen LogP contribution in [0.3, 0.4) is 0 Å². The minimum Gasteiger partial charge on any atom is -0.478 e. The second-order valence-corrected chi connectivity index (χ2v) is 3.30. The van der Waals surface area contributed by atoms with E-state index in [4.69, 9.17) is 15.6 Å². The average molecular weight is 238 g/mol. The Morgan fingerprint density at radius 2 is 2.18 bits per heavy atom. The predicted molar refractivity (Wildman–Crippen MR) is 62.9 cm³/mol. The molecule has 6 heteroatoms. The highest BCUT2D eigenvalue weighted by molar-refractivity contribution is 6.01. The van der Waals surface area contributed by atoms with E-state index in [-0.39, 0.29) is 17.9 Å². The summed E-state index contributed by atoms with van der Waals surface area (Å²) in [5.41, 5.74) is 5.96. The van der Waals surface area contributed by atoms with Gasteiger partial charge in [-0.25, -0.2) is 4.79 Å². The summed E-state index contributed by atoms with van der Waals surface area (Å²) < 4.78 is 4.91. The van der Waals surface area contributed by atoms with E-state index in [1.54, 1.807) is 6.92 Å². The molecule has 0 saturated heterocycles. The Morgan fingerprint density at radius 1 is 1.47 bits per heavy atom. The molecule has 0 spiro atoms. The fourth-order valence-electron chi connectivity index (χ4n) is 1.23. The second-order valence-electron chi connectivity index (χ2n) is 3.30. The minimum atomic E-state index is -1.15. The SMILES string of the molecule is CCOCC(=O)Nc1ccc(N)cc1C(=O)O. The van der Waals surface area contributed by atoms with Crippen LogP contribution in [0.4, 0.5) is 11.4 Å². The van der Waals surface area contributed by atoms with E-state index in [0.29, 0.717) is 12.3 Å².